The number of hydrogen-bond donors (Lipinski definition) is 2. The Morgan fingerprint density at radius 2 is 2.17 bits per heavy atom. The largest absolute Gasteiger partial charge is 0.398 e. The maximum atomic E-state index is 12.0. The van der Waals surface area contributed by atoms with Gasteiger partial charge in [0.2, 0.25) is 0 Å². The van der Waals surface area contributed by atoms with E-state index >= 15 is 0 Å². The van der Waals surface area contributed by atoms with E-state index in [1.165, 1.54) is 0 Å². The van der Waals surface area contributed by atoms with Crippen molar-refractivity contribution < 1.29 is 4.79 Å². The summed E-state index contributed by atoms with van der Waals surface area (Å²) in [4.78, 5) is 13.1. The third-order valence-corrected chi connectivity index (χ3v) is 4.24. The number of nitrogens with two attached hydrogens (primary N) is 1. The van der Waals surface area contributed by atoms with Gasteiger partial charge in [-0.3, -0.25) is 4.79 Å². The standard InChI is InChI=1S/C13H13BrN2OS/c1-8-3-2-4-10(12(8)15)13(17)16-7-9-5-6-11(14)18-9/h2-6H,7,15H2,1H3,(H,16,17). The minimum Gasteiger partial charge on any atom is -0.398 e. The van der Waals surface area contributed by atoms with E-state index in [9.17, 15) is 4.79 Å². The summed E-state index contributed by atoms with van der Waals surface area (Å²) in [5.41, 5.74) is 7.89. The highest BCUT2D eigenvalue weighted by Crippen LogP contribution is 2.22. The van der Waals surface area contributed by atoms with Gasteiger partial charge in [-0.15, -0.1) is 11.3 Å². The summed E-state index contributed by atoms with van der Waals surface area (Å²) in [6, 6.07) is 9.41. The molecular weight excluding hydrogens is 312 g/mol. The Balaban J connectivity index is 2.06. The molecule has 1 aromatic heterocycles. The minimum absolute atomic E-state index is 0.138. The fourth-order valence-electron chi connectivity index (χ4n) is 1.59. The molecule has 0 radical (unpaired) electrons. The lowest BCUT2D eigenvalue weighted by atomic mass is 10.1. The van der Waals surface area contributed by atoms with Gasteiger partial charge in [0.1, 0.15) is 0 Å². The fourth-order valence-corrected chi connectivity index (χ4v) is 3.01. The van der Waals surface area contributed by atoms with Crippen molar-refractivity contribution in [3.63, 3.8) is 0 Å². The van der Waals surface area contributed by atoms with Crippen LogP contribution in [0.1, 0.15) is 20.8 Å². The number of aryl methyl sites for hydroxylation is 1. The van der Waals surface area contributed by atoms with Gasteiger partial charge in [0.05, 0.1) is 15.9 Å². The molecule has 3 nitrogen and oxygen atoms in total. The predicted molar refractivity (Wildman–Crippen MR) is 78.8 cm³/mol. The summed E-state index contributed by atoms with van der Waals surface area (Å²) < 4.78 is 1.06. The van der Waals surface area contributed by atoms with Crippen LogP contribution in [-0.2, 0) is 6.54 Å². The fraction of sp³-hybridized carbons (Fsp3) is 0.154. The first-order chi connectivity index (χ1) is 8.58. The van der Waals surface area contributed by atoms with Crippen LogP contribution in [0.5, 0.6) is 0 Å². The average Bonchev–Trinajstić information content (AvgIpc) is 2.76. The van der Waals surface area contributed by atoms with Crippen molar-refractivity contribution in [3.8, 4) is 0 Å². The Bertz CT molecular complexity index is 580. The number of halogens is 1. The highest BCUT2D eigenvalue weighted by molar-refractivity contribution is 9.11. The molecule has 0 spiro atoms. The zero-order valence-corrected chi connectivity index (χ0v) is 12.3. The molecule has 0 fully saturated rings. The molecule has 0 atom stereocenters. The molecule has 2 aromatic rings. The first kappa shape index (κ1) is 13.1. The molecule has 0 unspecified atom stereocenters. The first-order valence-corrected chi connectivity index (χ1v) is 7.06. The lowest BCUT2D eigenvalue weighted by Crippen LogP contribution is -2.23. The Labute approximate surface area is 118 Å². The van der Waals surface area contributed by atoms with Crippen LogP contribution in [0.2, 0.25) is 0 Å². The zero-order valence-electron chi connectivity index (χ0n) is 9.87. The summed E-state index contributed by atoms with van der Waals surface area (Å²) in [5.74, 6) is -0.138. The molecule has 0 saturated carbocycles. The highest BCUT2D eigenvalue weighted by atomic mass is 79.9. The van der Waals surface area contributed by atoms with Crippen LogP contribution in [0.4, 0.5) is 5.69 Å². The van der Waals surface area contributed by atoms with E-state index in [1.807, 2.05) is 31.2 Å². The molecule has 5 heteroatoms. The Morgan fingerprint density at radius 3 is 2.83 bits per heavy atom. The van der Waals surface area contributed by atoms with E-state index in [2.05, 4.69) is 21.2 Å². The Kier molecular flexibility index (Phi) is 4.04. The number of nitrogen functional groups attached to an aromatic ring is 1. The lowest BCUT2D eigenvalue weighted by Gasteiger charge is -2.08. The van der Waals surface area contributed by atoms with Gasteiger partial charge in [0, 0.05) is 10.6 Å². The van der Waals surface area contributed by atoms with Crippen molar-refractivity contribution in [1.82, 2.24) is 5.32 Å². The van der Waals surface area contributed by atoms with Crippen LogP contribution >= 0.6 is 27.3 Å². The number of thiophene rings is 1. The molecule has 1 aromatic carbocycles. The van der Waals surface area contributed by atoms with E-state index in [0.717, 1.165) is 14.2 Å². The number of anilines is 1. The van der Waals surface area contributed by atoms with Crippen LogP contribution in [0.25, 0.3) is 0 Å². The molecule has 0 aliphatic carbocycles. The van der Waals surface area contributed by atoms with Gasteiger partial charge >= 0.3 is 0 Å². The van der Waals surface area contributed by atoms with E-state index in [1.54, 1.807) is 17.4 Å². The van der Waals surface area contributed by atoms with E-state index in [0.29, 0.717) is 17.8 Å². The van der Waals surface area contributed by atoms with Crippen LogP contribution in [-0.4, -0.2) is 5.91 Å². The maximum absolute atomic E-state index is 12.0. The van der Waals surface area contributed by atoms with Crippen molar-refractivity contribution in [2.24, 2.45) is 0 Å². The van der Waals surface area contributed by atoms with Crippen LogP contribution in [0.15, 0.2) is 34.1 Å². The summed E-state index contributed by atoms with van der Waals surface area (Å²) in [5, 5.41) is 2.87. The molecule has 94 valence electrons. The number of nitrogens with one attached hydrogen (secondary N) is 1. The number of carbonyl (C=O) groups is 1. The lowest BCUT2D eigenvalue weighted by molar-refractivity contribution is 0.0952. The van der Waals surface area contributed by atoms with Crippen molar-refractivity contribution >= 4 is 38.9 Å². The number of benzene rings is 1. The Hall–Kier alpha value is -1.33. The second-order valence-electron chi connectivity index (χ2n) is 3.92. The summed E-state index contributed by atoms with van der Waals surface area (Å²) in [6.45, 7) is 2.41. The third-order valence-electron chi connectivity index (χ3n) is 2.62. The predicted octanol–water partition coefficient (Wildman–Crippen LogP) is 3.33. The van der Waals surface area contributed by atoms with Crippen molar-refractivity contribution in [2.45, 2.75) is 13.5 Å². The van der Waals surface area contributed by atoms with Gasteiger partial charge < -0.3 is 11.1 Å². The van der Waals surface area contributed by atoms with Gasteiger partial charge in [-0.25, -0.2) is 0 Å². The molecular formula is C13H13BrN2OS. The molecule has 3 N–H and O–H groups in total. The summed E-state index contributed by atoms with van der Waals surface area (Å²) in [6.07, 6.45) is 0. The van der Waals surface area contributed by atoms with Crippen LogP contribution in [0.3, 0.4) is 0 Å². The monoisotopic (exact) mass is 324 g/mol. The number of hydrogen-bond acceptors (Lipinski definition) is 3. The van der Waals surface area contributed by atoms with Crippen molar-refractivity contribution in [1.29, 1.82) is 0 Å². The second kappa shape index (κ2) is 5.54. The Morgan fingerprint density at radius 1 is 1.39 bits per heavy atom. The number of carbonyl (C=O) groups excluding carboxylic acids is 1. The SMILES string of the molecule is Cc1cccc(C(=O)NCc2ccc(Br)s2)c1N. The van der Waals surface area contributed by atoms with Gasteiger partial charge in [-0.1, -0.05) is 12.1 Å². The van der Waals surface area contributed by atoms with Crippen molar-refractivity contribution in [2.75, 3.05) is 5.73 Å². The van der Waals surface area contributed by atoms with Gasteiger partial charge in [-0.05, 0) is 46.6 Å². The summed E-state index contributed by atoms with van der Waals surface area (Å²) >= 11 is 4.99. The van der Waals surface area contributed by atoms with Gasteiger partial charge in [-0.2, -0.15) is 0 Å². The first-order valence-electron chi connectivity index (χ1n) is 5.45. The molecule has 0 bridgehead atoms. The van der Waals surface area contributed by atoms with Crippen LogP contribution < -0.4 is 11.1 Å². The molecule has 2 rings (SSSR count). The van der Waals surface area contributed by atoms with Crippen LogP contribution in [0, 0.1) is 6.92 Å². The quantitative estimate of drug-likeness (QED) is 0.851. The highest BCUT2D eigenvalue weighted by Gasteiger charge is 2.10. The summed E-state index contributed by atoms with van der Waals surface area (Å²) in [7, 11) is 0. The third kappa shape index (κ3) is 2.91. The average molecular weight is 325 g/mol. The van der Waals surface area contributed by atoms with Gasteiger partial charge in [0.25, 0.3) is 5.91 Å². The number of amides is 1. The van der Waals surface area contributed by atoms with Gasteiger partial charge in [0.15, 0.2) is 0 Å². The number of rotatable bonds is 3. The molecule has 18 heavy (non-hydrogen) atoms. The zero-order chi connectivity index (χ0) is 13.1. The molecule has 0 aliphatic heterocycles. The second-order valence-corrected chi connectivity index (χ2v) is 6.47. The molecule has 0 aliphatic rings. The van der Waals surface area contributed by atoms with E-state index in [-0.39, 0.29) is 5.91 Å². The minimum atomic E-state index is -0.138. The van der Waals surface area contributed by atoms with Crippen molar-refractivity contribution in [3.05, 3.63) is 50.1 Å². The molecule has 1 amide bonds. The van der Waals surface area contributed by atoms with E-state index < -0.39 is 0 Å². The molecule has 1 heterocycles. The number of para-hydroxylation sites is 1. The van der Waals surface area contributed by atoms with E-state index in [4.69, 9.17) is 5.73 Å². The normalized spacial score (nSPS) is 10.3. The molecule has 0 saturated heterocycles. The smallest absolute Gasteiger partial charge is 0.253 e. The maximum Gasteiger partial charge on any atom is 0.253 e. The topological polar surface area (TPSA) is 55.1 Å².